The molecule has 162 valence electrons. The molecule has 7 heteroatoms. The summed E-state index contributed by atoms with van der Waals surface area (Å²) in [7, 11) is 0. The molecule has 30 heavy (non-hydrogen) atoms. The number of nitrogens with one attached hydrogen (secondary N) is 2. The Bertz CT molecular complexity index is 897. The largest absolute Gasteiger partial charge is 0.474 e. The third kappa shape index (κ3) is 4.48. The van der Waals surface area contributed by atoms with Crippen molar-refractivity contribution >= 4 is 22.5 Å². The Balaban J connectivity index is 1.30. The Kier molecular flexibility index (Phi) is 5.93. The van der Waals surface area contributed by atoms with E-state index in [2.05, 4.69) is 40.3 Å². The van der Waals surface area contributed by atoms with Crippen LogP contribution in [0.4, 0.5) is 5.69 Å². The van der Waals surface area contributed by atoms with Crippen molar-refractivity contribution in [2.24, 2.45) is 4.99 Å². The lowest BCUT2D eigenvalue weighted by Crippen LogP contribution is -2.37. The van der Waals surface area contributed by atoms with Crippen LogP contribution in [0.2, 0.25) is 0 Å². The molecule has 1 aromatic heterocycles. The molecule has 3 aliphatic heterocycles. The van der Waals surface area contributed by atoms with Crippen molar-refractivity contribution in [3.05, 3.63) is 29.5 Å². The number of H-pyrrole nitrogens is 1. The van der Waals surface area contributed by atoms with Gasteiger partial charge in [0.2, 0.25) is 5.90 Å². The van der Waals surface area contributed by atoms with Crippen molar-refractivity contribution in [1.29, 1.82) is 0 Å². The number of ether oxygens (including phenoxy) is 3. The molecular weight excluding hydrogens is 380 g/mol. The first-order valence-electron chi connectivity index (χ1n) is 11.2. The number of aryl methyl sites for hydroxylation is 1. The summed E-state index contributed by atoms with van der Waals surface area (Å²) in [6.45, 7) is 9.26. The second-order valence-electron chi connectivity index (χ2n) is 8.63. The van der Waals surface area contributed by atoms with Gasteiger partial charge in [0.15, 0.2) is 0 Å². The normalized spacial score (nSPS) is 23.5. The van der Waals surface area contributed by atoms with Gasteiger partial charge in [-0.05, 0) is 49.9 Å². The Morgan fingerprint density at radius 2 is 1.90 bits per heavy atom. The number of rotatable bonds is 6. The second kappa shape index (κ2) is 8.96. The highest BCUT2D eigenvalue weighted by Crippen LogP contribution is 2.29. The Labute approximate surface area is 177 Å². The number of aromatic amines is 1. The van der Waals surface area contributed by atoms with Gasteiger partial charge in [0.05, 0.1) is 30.5 Å². The minimum atomic E-state index is 0.232. The smallest absolute Gasteiger partial charge is 0.233 e. The maximum atomic E-state index is 5.98. The summed E-state index contributed by atoms with van der Waals surface area (Å²) in [6, 6.07) is 7.30. The Morgan fingerprint density at radius 1 is 1.10 bits per heavy atom. The van der Waals surface area contributed by atoms with Crippen molar-refractivity contribution in [2.45, 2.75) is 38.3 Å². The molecule has 2 fully saturated rings. The zero-order valence-corrected chi connectivity index (χ0v) is 17.8. The van der Waals surface area contributed by atoms with Gasteiger partial charge in [-0.1, -0.05) is 0 Å². The molecule has 0 saturated carbocycles. The summed E-state index contributed by atoms with van der Waals surface area (Å²) < 4.78 is 16.9. The molecule has 0 unspecified atom stereocenters. The predicted octanol–water partition coefficient (Wildman–Crippen LogP) is 2.93. The molecule has 0 radical (unpaired) electrons. The third-order valence-corrected chi connectivity index (χ3v) is 6.28. The minimum absolute atomic E-state index is 0.232. The number of hydrogen-bond donors (Lipinski definition) is 2. The highest BCUT2D eigenvalue weighted by atomic mass is 16.5. The number of aromatic nitrogens is 1. The molecule has 1 aromatic carbocycles. The van der Waals surface area contributed by atoms with Gasteiger partial charge < -0.3 is 24.5 Å². The quantitative estimate of drug-likeness (QED) is 0.763. The van der Waals surface area contributed by atoms with Crippen LogP contribution >= 0.6 is 0 Å². The Morgan fingerprint density at radius 3 is 2.73 bits per heavy atom. The number of anilines is 1. The highest BCUT2D eigenvalue weighted by Gasteiger charge is 2.23. The number of fused-ring (bicyclic) bond motifs is 1. The number of nitrogens with zero attached hydrogens (tertiary/aromatic N) is 2. The van der Waals surface area contributed by atoms with E-state index in [1.807, 2.05) is 0 Å². The van der Waals surface area contributed by atoms with Crippen molar-refractivity contribution in [2.75, 3.05) is 58.0 Å². The summed E-state index contributed by atoms with van der Waals surface area (Å²) in [5, 5.41) is 4.92. The molecule has 0 aliphatic carbocycles. The minimum Gasteiger partial charge on any atom is -0.474 e. The van der Waals surface area contributed by atoms with Crippen molar-refractivity contribution in [1.82, 2.24) is 9.88 Å². The molecule has 3 aliphatic rings. The molecule has 0 amide bonds. The predicted molar refractivity (Wildman–Crippen MR) is 119 cm³/mol. The number of hydrogen-bond acceptors (Lipinski definition) is 6. The molecule has 7 nitrogen and oxygen atoms in total. The average molecular weight is 413 g/mol. The van der Waals surface area contributed by atoms with E-state index in [0.29, 0.717) is 12.6 Å². The molecule has 4 heterocycles. The standard InChI is InChI=1S/C23H32N4O3/c1-16-12-17-14-21(26-22(17)20(13-16)24-18-3-8-28-9-4-18)23-25-19(15-30-23)2-5-27-6-10-29-11-7-27/h12-14,18-19,24,26H,2-11,15H2,1H3/t19-/m1/s1. The van der Waals surface area contributed by atoms with E-state index in [1.54, 1.807) is 0 Å². The summed E-state index contributed by atoms with van der Waals surface area (Å²) in [5.74, 6) is 0.743. The number of aliphatic imine (C=N–C) groups is 1. The van der Waals surface area contributed by atoms with E-state index in [1.165, 1.54) is 10.9 Å². The fraction of sp³-hybridized carbons (Fsp3) is 0.609. The summed E-state index contributed by atoms with van der Waals surface area (Å²) in [5.41, 5.74) is 4.51. The maximum absolute atomic E-state index is 5.98. The highest BCUT2D eigenvalue weighted by molar-refractivity contribution is 6.02. The zero-order chi connectivity index (χ0) is 20.3. The van der Waals surface area contributed by atoms with Gasteiger partial charge in [-0.2, -0.15) is 0 Å². The lowest BCUT2D eigenvalue weighted by Gasteiger charge is -2.26. The molecule has 0 spiro atoms. The SMILES string of the molecule is Cc1cc(NC2CCOCC2)c2[nH]c(C3=N[C@H](CCN4CCOCC4)CO3)cc2c1. The van der Waals surface area contributed by atoms with E-state index in [4.69, 9.17) is 19.2 Å². The van der Waals surface area contributed by atoms with Gasteiger partial charge in [-0.15, -0.1) is 0 Å². The summed E-state index contributed by atoms with van der Waals surface area (Å²) in [6.07, 6.45) is 3.12. The summed E-state index contributed by atoms with van der Waals surface area (Å²) in [4.78, 5) is 10.9. The van der Waals surface area contributed by atoms with Gasteiger partial charge in [0, 0.05) is 44.3 Å². The lowest BCUT2D eigenvalue weighted by molar-refractivity contribution is 0.0364. The van der Waals surface area contributed by atoms with Crippen LogP contribution in [0.25, 0.3) is 10.9 Å². The first kappa shape index (κ1) is 19.8. The van der Waals surface area contributed by atoms with Gasteiger partial charge in [-0.25, -0.2) is 4.99 Å². The van der Waals surface area contributed by atoms with Crippen LogP contribution in [0, 0.1) is 6.92 Å². The molecule has 2 saturated heterocycles. The average Bonchev–Trinajstić information content (AvgIpc) is 3.41. The van der Waals surface area contributed by atoms with Crippen molar-refractivity contribution in [3.8, 4) is 0 Å². The van der Waals surface area contributed by atoms with Crippen LogP contribution in [0.5, 0.6) is 0 Å². The maximum Gasteiger partial charge on any atom is 0.233 e. The molecular formula is C23H32N4O3. The van der Waals surface area contributed by atoms with E-state index >= 15 is 0 Å². The van der Waals surface area contributed by atoms with Gasteiger partial charge in [0.1, 0.15) is 12.3 Å². The van der Waals surface area contributed by atoms with E-state index in [0.717, 1.165) is 88.1 Å². The number of morpholine rings is 1. The van der Waals surface area contributed by atoms with Crippen LogP contribution in [0.3, 0.4) is 0 Å². The lowest BCUT2D eigenvalue weighted by atomic mass is 10.1. The van der Waals surface area contributed by atoms with Crippen molar-refractivity contribution < 1.29 is 14.2 Å². The van der Waals surface area contributed by atoms with Crippen LogP contribution in [0.15, 0.2) is 23.2 Å². The molecule has 5 rings (SSSR count). The first-order valence-corrected chi connectivity index (χ1v) is 11.2. The third-order valence-electron chi connectivity index (χ3n) is 6.28. The number of benzene rings is 1. The zero-order valence-electron chi connectivity index (χ0n) is 17.8. The topological polar surface area (TPSA) is 71.1 Å². The molecule has 0 bridgehead atoms. The monoisotopic (exact) mass is 412 g/mol. The van der Waals surface area contributed by atoms with Crippen LogP contribution in [-0.2, 0) is 14.2 Å². The Hall–Kier alpha value is -2.09. The van der Waals surface area contributed by atoms with E-state index < -0.39 is 0 Å². The molecule has 2 aromatic rings. The fourth-order valence-electron chi connectivity index (χ4n) is 4.55. The van der Waals surface area contributed by atoms with Gasteiger partial charge >= 0.3 is 0 Å². The van der Waals surface area contributed by atoms with Crippen LogP contribution in [-0.4, -0.2) is 80.5 Å². The van der Waals surface area contributed by atoms with E-state index in [-0.39, 0.29) is 6.04 Å². The van der Waals surface area contributed by atoms with Gasteiger partial charge in [-0.3, -0.25) is 4.90 Å². The van der Waals surface area contributed by atoms with Crippen LogP contribution in [0.1, 0.15) is 30.5 Å². The fourth-order valence-corrected chi connectivity index (χ4v) is 4.55. The first-order chi connectivity index (χ1) is 14.7. The van der Waals surface area contributed by atoms with Crippen LogP contribution < -0.4 is 5.32 Å². The molecule has 2 N–H and O–H groups in total. The second-order valence-corrected chi connectivity index (χ2v) is 8.63. The van der Waals surface area contributed by atoms with E-state index in [9.17, 15) is 0 Å². The summed E-state index contributed by atoms with van der Waals surface area (Å²) >= 11 is 0. The van der Waals surface area contributed by atoms with Gasteiger partial charge in [0.25, 0.3) is 0 Å². The van der Waals surface area contributed by atoms with Crippen molar-refractivity contribution in [3.63, 3.8) is 0 Å². The molecule has 1 atom stereocenters.